The van der Waals surface area contributed by atoms with Gasteiger partial charge in [0.15, 0.2) is 0 Å². The van der Waals surface area contributed by atoms with Gasteiger partial charge in [-0.15, -0.1) is 0 Å². The number of piperazine rings is 1. The van der Waals surface area contributed by atoms with Crippen molar-refractivity contribution in [3.05, 3.63) is 52.8 Å². The summed E-state index contributed by atoms with van der Waals surface area (Å²) in [6, 6.07) is 7.29. The topological polar surface area (TPSA) is 78.4 Å². The fraction of sp³-hybridized carbons (Fsp3) is 0.294. The number of benzene rings is 1. The van der Waals surface area contributed by atoms with Crippen LogP contribution in [0.5, 0.6) is 0 Å². The van der Waals surface area contributed by atoms with Crippen LogP contribution in [0.1, 0.15) is 15.9 Å². The summed E-state index contributed by atoms with van der Waals surface area (Å²) in [5.74, 6) is 0.340. The number of amides is 2. The Balaban J connectivity index is 1.55. The van der Waals surface area contributed by atoms with Crippen LogP contribution in [-0.2, 0) is 11.3 Å². The van der Waals surface area contributed by atoms with Crippen LogP contribution in [0.3, 0.4) is 0 Å². The molecule has 1 aromatic heterocycles. The maximum atomic E-state index is 12.2. The van der Waals surface area contributed by atoms with Crippen LogP contribution in [0.4, 0.5) is 5.95 Å². The van der Waals surface area contributed by atoms with Crippen molar-refractivity contribution in [2.75, 3.05) is 31.1 Å². The molecule has 0 saturated carbocycles. The molecule has 0 spiro atoms. The van der Waals surface area contributed by atoms with Gasteiger partial charge in [0.05, 0.1) is 5.56 Å². The molecule has 7 nitrogen and oxygen atoms in total. The lowest BCUT2D eigenvalue weighted by Gasteiger charge is -2.32. The Morgan fingerprint density at radius 3 is 2.36 bits per heavy atom. The molecule has 1 aliphatic rings. The Morgan fingerprint density at radius 1 is 1.12 bits per heavy atom. The normalized spacial score (nSPS) is 14.3. The van der Waals surface area contributed by atoms with E-state index in [1.807, 2.05) is 17.0 Å². The van der Waals surface area contributed by atoms with Gasteiger partial charge in [0, 0.05) is 50.1 Å². The van der Waals surface area contributed by atoms with Crippen LogP contribution < -0.4 is 10.2 Å². The Hall–Kier alpha value is -2.67. The lowest BCUT2D eigenvalue weighted by atomic mass is 10.2. The zero-order chi connectivity index (χ0) is 17.6. The van der Waals surface area contributed by atoms with Crippen molar-refractivity contribution in [3.63, 3.8) is 0 Å². The summed E-state index contributed by atoms with van der Waals surface area (Å²) < 4.78 is 0. The number of halogens is 1. The average molecular weight is 360 g/mol. The second-order valence-corrected chi connectivity index (χ2v) is 6.15. The van der Waals surface area contributed by atoms with E-state index in [1.165, 1.54) is 12.4 Å². The first-order chi connectivity index (χ1) is 12.2. The molecule has 25 heavy (non-hydrogen) atoms. The van der Waals surface area contributed by atoms with E-state index in [4.69, 9.17) is 11.6 Å². The van der Waals surface area contributed by atoms with Crippen LogP contribution in [0.25, 0.3) is 0 Å². The molecule has 0 bridgehead atoms. The van der Waals surface area contributed by atoms with Crippen molar-refractivity contribution in [1.82, 2.24) is 20.2 Å². The molecule has 1 saturated heterocycles. The van der Waals surface area contributed by atoms with Gasteiger partial charge in [0.25, 0.3) is 5.91 Å². The highest BCUT2D eigenvalue weighted by atomic mass is 35.5. The first-order valence-electron chi connectivity index (χ1n) is 7.94. The Labute approximate surface area is 150 Å². The molecule has 1 N–H and O–H groups in total. The zero-order valence-corrected chi connectivity index (χ0v) is 14.3. The van der Waals surface area contributed by atoms with Crippen molar-refractivity contribution in [1.29, 1.82) is 0 Å². The summed E-state index contributed by atoms with van der Waals surface area (Å²) in [5, 5.41) is 3.49. The molecular weight excluding hydrogens is 342 g/mol. The summed E-state index contributed by atoms with van der Waals surface area (Å²) >= 11 is 5.84. The third-order valence-corrected chi connectivity index (χ3v) is 4.26. The highest BCUT2D eigenvalue weighted by molar-refractivity contribution is 6.30. The lowest BCUT2D eigenvalue weighted by Crippen LogP contribution is -2.46. The lowest BCUT2D eigenvalue weighted by molar-refractivity contribution is -0.118. The molecule has 1 fully saturated rings. The summed E-state index contributed by atoms with van der Waals surface area (Å²) in [6.45, 7) is 3.07. The van der Waals surface area contributed by atoms with Gasteiger partial charge in [-0.05, 0) is 17.7 Å². The minimum atomic E-state index is -0.229. The summed E-state index contributed by atoms with van der Waals surface area (Å²) in [6.07, 6.45) is 3.89. The van der Waals surface area contributed by atoms with Gasteiger partial charge in [0.2, 0.25) is 12.4 Å². The maximum Gasteiger partial charge on any atom is 0.254 e. The van der Waals surface area contributed by atoms with Crippen LogP contribution in [-0.4, -0.2) is 53.4 Å². The number of nitrogens with zero attached hydrogens (tertiary/aromatic N) is 4. The van der Waals surface area contributed by atoms with E-state index in [9.17, 15) is 9.59 Å². The predicted molar refractivity (Wildman–Crippen MR) is 94.5 cm³/mol. The van der Waals surface area contributed by atoms with E-state index >= 15 is 0 Å². The van der Waals surface area contributed by atoms with Crippen LogP contribution >= 0.6 is 11.6 Å². The first kappa shape index (κ1) is 17.2. The largest absolute Gasteiger partial charge is 0.348 e. The van der Waals surface area contributed by atoms with Gasteiger partial charge < -0.3 is 15.1 Å². The van der Waals surface area contributed by atoms with Gasteiger partial charge >= 0.3 is 0 Å². The molecule has 0 unspecified atom stereocenters. The van der Waals surface area contributed by atoms with Gasteiger partial charge in [-0.3, -0.25) is 9.59 Å². The number of hydrogen-bond acceptors (Lipinski definition) is 5. The minimum Gasteiger partial charge on any atom is -0.348 e. The Morgan fingerprint density at radius 2 is 1.76 bits per heavy atom. The average Bonchev–Trinajstić information content (AvgIpc) is 2.67. The molecular formula is C17H18ClN5O2. The van der Waals surface area contributed by atoms with Gasteiger partial charge in [-0.25, -0.2) is 9.97 Å². The second-order valence-electron chi connectivity index (χ2n) is 5.71. The van der Waals surface area contributed by atoms with E-state index in [-0.39, 0.29) is 5.91 Å². The smallest absolute Gasteiger partial charge is 0.254 e. The van der Waals surface area contributed by atoms with Crippen molar-refractivity contribution in [3.8, 4) is 0 Å². The predicted octanol–water partition coefficient (Wildman–Crippen LogP) is 1.34. The molecule has 1 aliphatic heterocycles. The standard InChI is InChI=1S/C17H18ClN5O2/c18-15-3-1-13(2-4-15)9-19-16(25)14-10-20-17(21-11-14)23-7-5-22(12-24)6-8-23/h1-4,10-12H,5-9H2,(H,19,25). The number of aromatic nitrogens is 2. The number of carbonyl (C=O) groups is 2. The Kier molecular flexibility index (Phi) is 5.45. The monoisotopic (exact) mass is 359 g/mol. The zero-order valence-electron chi connectivity index (χ0n) is 13.6. The number of rotatable bonds is 5. The number of nitrogens with one attached hydrogen (secondary N) is 1. The molecule has 1 aromatic carbocycles. The SMILES string of the molecule is O=CN1CCN(c2ncc(C(=O)NCc3ccc(Cl)cc3)cn2)CC1. The fourth-order valence-corrected chi connectivity index (χ4v) is 2.64. The fourth-order valence-electron chi connectivity index (χ4n) is 2.52. The number of hydrogen-bond donors (Lipinski definition) is 1. The summed E-state index contributed by atoms with van der Waals surface area (Å²) in [5.41, 5.74) is 1.37. The summed E-state index contributed by atoms with van der Waals surface area (Å²) in [7, 11) is 0. The molecule has 0 atom stereocenters. The van der Waals surface area contributed by atoms with E-state index in [0.29, 0.717) is 49.3 Å². The van der Waals surface area contributed by atoms with Gasteiger partial charge in [0.1, 0.15) is 0 Å². The molecule has 0 radical (unpaired) electrons. The van der Waals surface area contributed by atoms with E-state index in [2.05, 4.69) is 15.3 Å². The number of anilines is 1. The highest BCUT2D eigenvalue weighted by Gasteiger charge is 2.18. The van der Waals surface area contributed by atoms with Gasteiger partial charge in [-0.2, -0.15) is 0 Å². The van der Waals surface area contributed by atoms with Crippen LogP contribution in [0.2, 0.25) is 5.02 Å². The highest BCUT2D eigenvalue weighted by Crippen LogP contribution is 2.11. The van der Waals surface area contributed by atoms with E-state index in [0.717, 1.165) is 12.0 Å². The molecule has 130 valence electrons. The Bertz CT molecular complexity index is 728. The number of carbonyl (C=O) groups excluding carboxylic acids is 2. The third-order valence-electron chi connectivity index (χ3n) is 4.01. The van der Waals surface area contributed by atoms with Crippen LogP contribution in [0.15, 0.2) is 36.7 Å². The molecule has 2 amide bonds. The minimum absolute atomic E-state index is 0.229. The van der Waals surface area contributed by atoms with Crippen molar-refractivity contribution in [2.45, 2.75) is 6.54 Å². The molecule has 2 heterocycles. The molecule has 0 aliphatic carbocycles. The molecule has 2 aromatic rings. The van der Waals surface area contributed by atoms with E-state index < -0.39 is 0 Å². The third kappa shape index (κ3) is 4.45. The summed E-state index contributed by atoms with van der Waals surface area (Å²) in [4.78, 5) is 35.2. The quantitative estimate of drug-likeness (QED) is 0.815. The van der Waals surface area contributed by atoms with Crippen molar-refractivity contribution < 1.29 is 9.59 Å². The van der Waals surface area contributed by atoms with Crippen LogP contribution in [0, 0.1) is 0 Å². The first-order valence-corrected chi connectivity index (χ1v) is 8.32. The van der Waals surface area contributed by atoms with Crippen molar-refractivity contribution >= 4 is 29.9 Å². The molecule has 8 heteroatoms. The molecule has 3 rings (SSSR count). The van der Waals surface area contributed by atoms with E-state index in [1.54, 1.807) is 17.0 Å². The van der Waals surface area contributed by atoms with Crippen molar-refractivity contribution in [2.24, 2.45) is 0 Å². The maximum absolute atomic E-state index is 12.2. The van der Waals surface area contributed by atoms with Gasteiger partial charge in [-0.1, -0.05) is 23.7 Å². The second kappa shape index (κ2) is 7.94.